The Morgan fingerprint density at radius 3 is 2.80 bits per heavy atom. The maximum atomic E-state index is 12.2. The van der Waals surface area contributed by atoms with E-state index in [9.17, 15) is 4.79 Å². The largest absolute Gasteiger partial charge is 0.396 e. The molecular weight excluding hydrogens is 258 g/mol. The molecule has 0 bridgehead atoms. The maximum Gasteiger partial charge on any atom is 0.251 e. The third-order valence-corrected chi connectivity index (χ3v) is 2.91. The van der Waals surface area contributed by atoms with Crippen LogP contribution in [0.5, 0.6) is 0 Å². The van der Waals surface area contributed by atoms with Crippen LogP contribution in [0.1, 0.15) is 16.8 Å². The highest BCUT2D eigenvalue weighted by molar-refractivity contribution is 5.97. The molecule has 6 heteroatoms. The summed E-state index contributed by atoms with van der Waals surface area (Å²) in [6.07, 6.45) is 3.65. The van der Waals surface area contributed by atoms with Crippen LogP contribution in [0.3, 0.4) is 0 Å². The van der Waals surface area contributed by atoms with E-state index < -0.39 is 0 Å². The van der Waals surface area contributed by atoms with Crippen LogP contribution in [-0.2, 0) is 4.74 Å². The summed E-state index contributed by atoms with van der Waals surface area (Å²) in [5.41, 5.74) is 1.93. The molecule has 0 aliphatic heterocycles. The molecule has 106 valence electrons. The molecule has 0 aliphatic carbocycles. The monoisotopic (exact) mass is 275 g/mol. The normalized spacial score (nSPS) is 12.3. The van der Waals surface area contributed by atoms with Crippen LogP contribution in [0, 0.1) is 0 Å². The van der Waals surface area contributed by atoms with E-state index in [0.717, 1.165) is 5.52 Å². The van der Waals surface area contributed by atoms with Crippen LogP contribution in [-0.4, -0.2) is 47.3 Å². The molecule has 1 aromatic heterocycles. The molecule has 2 N–H and O–H groups in total. The van der Waals surface area contributed by atoms with Crippen LogP contribution >= 0.6 is 0 Å². The molecule has 0 saturated heterocycles. The van der Waals surface area contributed by atoms with Crippen molar-refractivity contribution in [1.29, 1.82) is 0 Å². The number of amides is 1. The number of aromatic nitrogens is 2. The second-order valence-electron chi connectivity index (χ2n) is 4.40. The highest BCUT2D eigenvalue weighted by Crippen LogP contribution is 2.11. The Hall–Kier alpha value is -2.05. The van der Waals surface area contributed by atoms with E-state index in [1.165, 1.54) is 0 Å². The molecule has 0 aliphatic rings. The van der Waals surface area contributed by atoms with E-state index in [4.69, 9.17) is 9.84 Å². The smallest absolute Gasteiger partial charge is 0.251 e. The van der Waals surface area contributed by atoms with Crippen molar-refractivity contribution in [2.45, 2.75) is 12.5 Å². The van der Waals surface area contributed by atoms with Gasteiger partial charge in [0.15, 0.2) is 0 Å². The maximum absolute atomic E-state index is 12.2. The number of rotatable bonds is 6. The van der Waals surface area contributed by atoms with Crippen molar-refractivity contribution in [2.75, 3.05) is 20.3 Å². The first kappa shape index (κ1) is 14.4. The minimum atomic E-state index is -0.215. The van der Waals surface area contributed by atoms with Gasteiger partial charge in [-0.05, 0) is 24.6 Å². The van der Waals surface area contributed by atoms with Gasteiger partial charge in [-0.2, -0.15) is 0 Å². The summed E-state index contributed by atoms with van der Waals surface area (Å²) in [6, 6.07) is 4.94. The predicted octanol–water partition coefficient (Wildman–Crippen LogP) is 0.757. The van der Waals surface area contributed by atoms with Gasteiger partial charge in [0, 0.05) is 31.7 Å². The van der Waals surface area contributed by atoms with E-state index in [2.05, 4.69) is 15.3 Å². The molecule has 1 atom stereocenters. The highest BCUT2D eigenvalue weighted by Gasteiger charge is 2.13. The average Bonchev–Trinajstić information content (AvgIpc) is 2.47. The van der Waals surface area contributed by atoms with Gasteiger partial charge in [0.1, 0.15) is 0 Å². The molecule has 0 radical (unpaired) electrons. The van der Waals surface area contributed by atoms with Crippen molar-refractivity contribution >= 4 is 16.9 Å². The number of aliphatic hydroxyl groups is 1. The summed E-state index contributed by atoms with van der Waals surface area (Å²) in [6.45, 7) is 0.358. The number of ether oxygens (including phenoxy) is 1. The lowest BCUT2D eigenvalue weighted by molar-refractivity contribution is 0.0879. The quantitative estimate of drug-likeness (QED) is 0.813. The topological polar surface area (TPSA) is 84.3 Å². The molecule has 6 nitrogen and oxygen atoms in total. The molecule has 0 fully saturated rings. The lowest BCUT2D eigenvalue weighted by Gasteiger charge is -2.16. The number of hydrogen-bond acceptors (Lipinski definition) is 5. The third-order valence-electron chi connectivity index (χ3n) is 2.91. The number of nitrogens with zero attached hydrogens (tertiary/aromatic N) is 2. The first-order valence-electron chi connectivity index (χ1n) is 6.36. The Labute approximate surface area is 116 Å². The zero-order chi connectivity index (χ0) is 14.4. The molecule has 2 aromatic rings. The molecule has 1 heterocycles. The zero-order valence-corrected chi connectivity index (χ0v) is 11.2. The van der Waals surface area contributed by atoms with Crippen molar-refractivity contribution in [3.05, 3.63) is 36.2 Å². The summed E-state index contributed by atoms with van der Waals surface area (Å²) in [5, 5.41) is 11.8. The lowest BCUT2D eigenvalue weighted by Crippen LogP contribution is -2.38. The number of benzene rings is 1. The fourth-order valence-electron chi connectivity index (χ4n) is 1.93. The molecule has 20 heavy (non-hydrogen) atoms. The second-order valence-corrected chi connectivity index (χ2v) is 4.40. The van der Waals surface area contributed by atoms with Gasteiger partial charge in [-0.3, -0.25) is 14.8 Å². The Morgan fingerprint density at radius 2 is 2.10 bits per heavy atom. The van der Waals surface area contributed by atoms with Gasteiger partial charge in [-0.1, -0.05) is 0 Å². The second kappa shape index (κ2) is 6.93. The van der Waals surface area contributed by atoms with E-state index in [0.29, 0.717) is 24.1 Å². The van der Waals surface area contributed by atoms with Crippen molar-refractivity contribution in [3.63, 3.8) is 0 Å². The van der Waals surface area contributed by atoms with Crippen molar-refractivity contribution in [1.82, 2.24) is 15.3 Å². The number of fused-ring (bicyclic) bond motifs is 1. The van der Waals surface area contributed by atoms with Crippen molar-refractivity contribution in [2.24, 2.45) is 0 Å². The first-order chi connectivity index (χ1) is 9.74. The Kier molecular flexibility index (Phi) is 4.97. The van der Waals surface area contributed by atoms with Gasteiger partial charge in [-0.15, -0.1) is 0 Å². The Morgan fingerprint density at radius 1 is 1.35 bits per heavy atom. The fourth-order valence-corrected chi connectivity index (χ4v) is 1.93. The van der Waals surface area contributed by atoms with E-state index in [-0.39, 0.29) is 18.6 Å². The standard InChI is InChI=1S/C14H17N3O3/c1-20-9-11(4-7-18)17-14(19)10-2-3-12-13(8-10)16-6-5-15-12/h2-3,5-6,8,11,18H,4,7,9H2,1H3,(H,17,19). The summed E-state index contributed by atoms with van der Waals surface area (Å²) in [5.74, 6) is -0.215. The summed E-state index contributed by atoms with van der Waals surface area (Å²) >= 11 is 0. The van der Waals surface area contributed by atoms with Gasteiger partial charge in [0.2, 0.25) is 0 Å². The molecular formula is C14H17N3O3. The van der Waals surface area contributed by atoms with Gasteiger partial charge in [-0.25, -0.2) is 0 Å². The number of hydrogen-bond donors (Lipinski definition) is 2. The van der Waals surface area contributed by atoms with Gasteiger partial charge < -0.3 is 15.2 Å². The van der Waals surface area contributed by atoms with Gasteiger partial charge >= 0.3 is 0 Å². The molecule has 0 saturated carbocycles. The van der Waals surface area contributed by atoms with E-state index >= 15 is 0 Å². The van der Waals surface area contributed by atoms with Crippen LogP contribution in [0.25, 0.3) is 11.0 Å². The van der Waals surface area contributed by atoms with Crippen LogP contribution in [0.15, 0.2) is 30.6 Å². The SMILES string of the molecule is COCC(CCO)NC(=O)c1ccc2nccnc2c1. The first-order valence-corrected chi connectivity index (χ1v) is 6.36. The molecule has 0 spiro atoms. The van der Waals surface area contributed by atoms with Crippen LogP contribution in [0.4, 0.5) is 0 Å². The van der Waals surface area contributed by atoms with Crippen LogP contribution < -0.4 is 5.32 Å². The molecule has 1 amide bonds. The number of methoxy groups -OCH3 is 1. The molecule has 1 aromatic carbocycles. The van der Waals surface area contributed by atoms with E-state index in [1.807, 2.05) is 0 Å². The third kappa shape index (κ3) is 3.49. The van der Waals surface area contributed by atoms with Gasteiger partial charge in [0.25, 0.3) is 5.91 Å². The predicted molar refractivity (Wildman–Crippen MR) is 74.4 cm³/mol. The number of nitrogens with one attached hydrogen (secondary N) is 1. The fraction of sp³-hybridized carbons (Fsp3) is 0.357. The van der Waals surface area contributed by atoms with Crippen molar-refractivity contribution < 1.29 is 14.6 Å². The number of carbonyl (C=O) groups is 1. The Bertz CT molecular complexity index is 583. The number of aliphatic hydroxyl groups excluding tert-OH is 1. The minimum absolute atomic E-state index is 0.00248. The summed E-state index contributed by atoms with van der Waals surface area (Å²) in [4.78, 5) is 20.5. The van der Waals surface area contributed by atoms with Crippen molar-refractivity contribution in [3.8, 4) is 0 Å². The Balaban J connectivity index is 2.13. The minimum Gasteiger partial charge on any atom is -0.396 e. The highest BCUT2D eigenvalue weighted by atomic mass is 16.5. The number of carbonyl (C=O) groups excluding carboxylic acids is 1. The van der Waals surface area contributed by atoms with Crippen LogP contribution in [0.2, 0.25) is 0 Å². The summed E-state index contributed by atoms with van der Waals surface area (Å²) < 4.78 is 5.02. The molecule has 1 unspecified atom stereocenters. The van der Waals surface area contributed by atoms with Gasteiger partial charge in [0.05, 0.1) is 23.7 Å². The average molecular weight is 275 g/mol. The zero-order valence-electron chi connectivity index (χ0n) is 11.2. The molecule has 2 rings (SSSR count). The lowest BCUT2D eigenvalue weighted by atomic mass is 10.1. The summed E-state index contributed by atoms with van der Waals surface area (Å²) in [7, 11) is 1.56. The van der Waals surface area contributed by atoms with E-state index in [1.54, 1.807) is 37.7 Å².